The van der Waals surface area contributed by atoms with Crippen LogP contribution in [0.25, 0.3) is 5.69 Å². The minimum Gasteiger partial charge on any atom is -0.324 e. The Labute approximate surface area is 122 Å². The van der Waals surface area contributed by atoms with E-state index < -0.39 is 0 Å². The van der Waals surface area contributed by atoms with Gasteiger partial charge >= 0.3 is 0 Å². The predicted octanol–water partition coefficient (Wildman–Crippen LogP) is 3.53. The number of aryl methyl sites for hydroxylation is 1. The molecule has 1 aliphatic carbocycles. The second-order valence-corrected chi connectivity index (χ2v) is 6.07. The van der Waals surface area contributed by atoms with Crippen molar-refractivity contribution in [3.63, 3.8) is 0 Å². The molecule has 1 atom stereocenters. The van der Waals surface area contributed by atoms with Gasteiger partial charge in [-0.15, -0.1) is 0 Å². The van der Waals surface area contributed by atoms with Crippen LogP contribution in [0.1, 0.15) is 42.8 Å². The molecule has 100 valence electrons. The van der Waals surface area contributed by atoms with Crippen LogP contribution in [0.5, 0.6) is 0 Å². The van der Waals surface area contributed by atoms with Crippen molar-refractivity contribution in [1.82, 2.24) is 9.55 Å². The number of halogens is 1. The van der Waals surface area contributed by atoms with Crippen LogP contribution in [0, 0.1) is 0 Å². The van der Waals surface area contributed by atoms with E-state index >= 15 is 0 Å². The zero-order valence-corrected chi connectivity index (χ0v) is 12.7. The molecule has 2 N–H and O–H groups in total. The molecule has 0 amide bonds. The average molecular weight is 320 g/mol. The molecule has 2 aromatic rings. The summed E-state index contributed by atoms with van der Waals surface area (Å²) in [7, 11) is 0. The first kappa shape index (κ1) is 12.9. The molecule has 0 fully saturated rings. The monoisotopic (exact) mass is 319 g/mol. The van der Waals surface area contributed by atoms with E-state index in [-0.39, 0.29) is 6.04 Å². The fraction of sp³-hybridized carbons (Fsp3) is 0.400. The molecule has 0 spiro atoms. The van der Waals surface area contributed by atoms with Gasteiger partial charge in [-0.3, -0.25) is 0 Å². The van der Waals surface area contributed by atoms with Crippen LogP contribution < -0.4 is 5.73 Å². The minimum absolute atomic E-state index is 0.0575. The van der Waals surface area contributed by atoms with Crippen molar-refractivity contribution in [2.24, 2.45) is 5.73 Å². The van der Waals surface area contributed by atoms with E-state index in [9.17, 15) is 0 Å². The Morgan fingerprint density at radius 2 is 2.11 bits per heavy atom. The third kappa shape index (κ3) is 2.35. The number of fused-ring (bicyclic) bond motifs is 1. The highest BCUT2D eigenvalue weighted by Crippen LogP contribution is 2.29. The van der Waals surface area contributed by atoms with Gasteiger partial charge in [0, 0.05) is 16.2 Å². The Bertz CT molecular complexity index is 601. The number of hydrogen-bond donors (Lipinski definition) is 1. The Morgan fingerprint density at radius 1 is 1.32 bits per heavy atom. The Morgan fingerprint density at radius 3 is 2.84 bits per heavy atom. The van der Waals surface area contributed by atoms with E-state index in [1.54, 1.807) is 0 Å². The third-order valence-corrected chi connectivity index (χ3v) is 4.42. The summed E-state index contributed by atoms with van der Waals surface area (Å²) in [5.41, 5.74) is 10.8. The Hall–Kier alpha value is -1.13. The van der Waals surface area contributed by atoms with Crippen molar-refractivity contribution in [2.45, 2.75) is 38.6 Å². The Kier molecular flexibility index (Phi) is 3.46. The second-order valence-electron chi connectivity index (χ2n) is 5.21. The van der Waals surface area contributed by atoms with Gasteiger partial charge in [-0.2, -0.15) is 0 Å². The maximum Gasteiger partial charge on any atom is 0.0998 e. The van der Waals surface area contributed by atoms with Gasteiger partial charge in [0.25, 0.3) is 0 Å². The molecule has 1 unspecified atom stereocenters. The summed E-state index contributed by atoms with van der Waals surface area (Å²) in [6, 6.07) is 6.39. The number of benzene rings is 1. The van der Waals surface area contributed by atoms with Gasteiger partial charge < -0.3 is 10.3 Å². The van der Waals surface area contributed by atoms with Crippen LogP contribution in [0.2, 0.25) is 0 Å². The third-order valence-electron chi connectivity index (χ3n) is 3.79. The minimum atomic E-state index is 0.0575. The molecule has 1 aromatic carbocycles. The standard InChI is InChI=1S/C15H18BrN3/c1-10(17)11-6-7-14(12(16)8-11)19-9-18-13-4-2-3-5-15(13)19/h6-10H,2-5,17H2,1H3. The van der Waals surface area contributed by atoms with Crippen LogP contribution in [-0.2, 0) is 12.8 Å². The van der Waals surface area contributed by atoms with E-state index in [0.717, 1.165) is 28.6 Å². The molecule has 0 saturated carbocycles. The van der Waals surface area contributed by atoms with Gasteiger partial charge in [-0.25, -0.2) is 4.98 Å². The first-order valence-electron chi connectivity index (χ1n) is 6.77. The lowest BCUT2D eigenvalue weighted by molar-refractivity contribution is 0.655. The molecule has 0 saturated heterocycles. The summed E-state index contributed by atoms with van der Waals surface area (Å²) < 4.78 is 3.29. The normalized spacial score (nSPS) is 16.2. The maximum absolute atomic E-state index is 5.92. The number of hydrogen-bond acceptors (Lipinski definition) is 2. The molecule has 1 aromatic heterocycles. The second kappa shape index (κ2) is 5.10. The van der Waals surface area contributed by atoms with E-state index in [1.165, 1.54) is 24.2 Å². The number of imidazole rings is 1. The summed E-state index contributed by atoms with van der Waals surface area (Å²) in [5, 5.41) is 0. The SMILES string of the molecule is CC(N)c1ccc(-n2cnc3c2CCCC3)c(Br)c1. The fourth-order valence-corrected chi connectivity index (χ4v) is 3.27. The maximum atomic E-state index is 5.92. The number of aromatic nitrogens is 2. The van der Waals surface area contributed by atoms with E-state index in [1.807, 2.05) is 13.3 Å². The Balaban J connectivity index is 2.05. The van der Waals surface area contributed by atoms with Crippen molar-refractivity contribution >= 4 is 15.9 Å². The number of nitrogens with two attached hydrogens (primary N) is 1. The van der Waals surface area contributed by atoms with Crippen molar-refractivity contribution in [2.75, 3.05) is 0 Å². The molecule has 0 radical (unpaired) electrons. The van der Waals surface area contributed by atoms with Crippen molar-refractivity contribution in [3.05, 3.63) is 46.0 Å². The fourth-order valence-electron chi connectivity index (χ4n) is 2.68. The van der Waals surface area contributed by atoms with Gasteiger partial charge in [-0.1, -0.05) is 6.07 Å². The van der Waals surface area contributed by atoms with Crippen molar-refractivity contribution < 1.29 is 0 Å². The zero-order valence-electron chi connectivity index (χ0n) is 11.1. The first-order valence-corrected chi connectivity index (χ1v) is 7.56. The summed E-state index contributed by atoms with van der Waals surface area (Å²) in [6.07, 6.45) is 6.69. The topological polar surface area (TPSA) is 43.8 Å². The molecule has 0 bridgehead atoms. The first-order chi connectivity index (χ1) is 9.16. The van der Waals surface area contributed by atoms with Crippen molar-refractivity contribution in [3.8, 4) is 5.69 Å². The van der Waals surface area contributed by atoms with Gasteiger partial charge in [0.2, 0.25) is 0 Å². The number of rotatable bonds is 2. The lowest BCUT2D eigenvalue weighted by Crippen LogP contribution is -2.08. The molecule has 3 rings (SSSR count). The smallest absolute Gasteiger partial charge is 0.0998 e. The highest BCUT2D eigenvalue weighted by molar-refractivity contribution is 9.10. The van der Waals surface area contributed by atoms with Crippen LogP contribution >= 0.6 is 15.9 Å². The molecular weight excluding hydrogens is 302 g/mol. The molecule has 1 aliphatic rings. The summed E-state index contributed by atoms with van der Waals surface area (Å²) in [5.74, 6) is 0. The lowest BCUT2D eigenvalue weighted by Gasteiger charge is -2.16. The van der Waals surface area contributed by atoms with Crippen LogP contribution in [0.4, 0.5) is 0 Å². The molecule has 1 heterocycles. The summed E-state index contributed by atoms with van der Waals surface area (Å²) >= 11 is 3.66. The molecule has 4 heteroatoms. The molecule has 3 nitrogen and oxygen atoms in total. The average Bonchev–Trinajstić information content (AvgIpc) is 2.82. The van der Waals surface area contributed by atoms with Crippen LogP contribution in [-0.4, -0.2) is 9.55 Å². The highest BCUT2D eigenvalue weighted by atomic mass is 79.9. The molecular formula is C15H18BrN3. The van der Waals surface area contributed by atoms with E-state index in [2.05, 4.69) is 43.7 Å². The summed E-state index contributed by atoms with van der Waals surface area (Å²) in [6.45, 7) is 2.00. The van der Waals surface area contributed by atoms with Crippen LogP contribution in [0.3, 0.4) is 0 Å². The predicted molar refractivity (Wildman–Crippen MR) is 80.5 cm³/mol. The highest BCUT2D eigenvalue weighted by Gasteiger charge is 2.17. The molecule has 0 aliphatic heterocycles. The number of nitrogens with zero attached hydrogens (tertiary/aromatic N) is 2. The van der Waals surface area contributed by atoms with Crippen molar-refractivity contribution in [1.29, 1.82) is 0 Å². The van der Waals surface area contributed by atoms with E-state index in [4.69, 9.17) is 5.73 Å². The lowest BCUT2D eigenvalue weighted by atomic mass is 10.0. The zero-order chi connectivity index (χ0) is 13.4. The summed E-state index contributed by atoms with van der Waals surface area (Å²) in [4.78, 5) is 4.55. The van der Waals surface area contributed by atoms with E-state index in [0.29, 0.717) is 0 Å². The van der Waals surface area contributed by atoms with Crippen LogP contribution in [0.15, 0.2) is 29.0 Å². The van der Waals surface area contributed by atoms with Gasteiger partial charge in [0.15, 0.2) is 0 Å². The van der Waals surface area contributed by atoms with Gasteiger partial charge in [0.1, 0.15) is 0 Å². The largest absolute Gasteiger partial charge is 0.324 e. The van der Waals surface area contributed by atoms with Gasteiger partial charge in [-0.05, 0) is 66.2 Å². The van der Waals surface area contributed by atoms with Gasteiger partial charge in [0.05, 0.1) is 17.7 Å². The molecule has 19 heavy (non-hydrogen) atoms. The quantitative estimate of drug-likeness (QED) is 0.920.